The van der Waals surface area contributed by atoms with Crippen LogP contribution in [-0.2, 0) is 13.1 Å². The van der Waals surface area contributed by atoms with Gasteiger partial charge in [0.2, 0.25) is 0 Å². The van der Waals surface area contributed by atoms with Crippen LogP contribution in [0.2, 0.25) is 0 Å². The molecule has 3 rings (SSSR count). The minimum atomic E-state index is 0.631. The molecule has 25 heavy (non-hydrogen) atoms. The normalized spacial score (nSPS) is 15.2. The van der Waals surface area contributed by atoms with E-state index in [4.69, 9.17) is 21.4 Å². The molecule has 0 bridgehead atoms. The summed E-state index contributed by atoms with van der Waals surface area (Å²) in [6.07, 6.45) is 1.68. The number of piperazine rings is 1. The standard InChI is InChI=1S/C19H25N3O2S/c1-15-5-6-18(23-2)16(12-15)14-21-7-9-22(10-8-21)19(25)20-13-17-4-3-11-24-17/h3-6,11-12H,7-10,13-14H2,1-2H3,(H,20,25). The number of nitrogens with one attached hydrogen (secondary N) is 1. The fraction of sp³-hybridized carbons (Fsp3) is 0.421. The summed E-state index contributed by atoms with van der Waals surface area (Å²) in [5.74, 6) is 1.86. The predicted molar refractivity (Wildman–Crippen MR) is 103 cm³/mol. The zero-order chi connectivity index (χ0) is 17.6. The Morgan fingerprint density at radius 3 is 2.72 bits per heavy atom. The summed E-state index contributed by atoms with van der Waals surface area (Å²) in [5.41, 5.74) is 2.51. The Morgan fingerprint density at radius 1 is 1.24 bits per heavy atom. The van der Waals surface area contributed by atoms with Crippen molar-refractivity contribution in [2.75, 3.05) is 33.3 Å². The van der Waals surface area contributed by atoms with Crippen LogP contribution >= 0.6 is 12.2 Å². The van der Waals surface area contributed by atoms with E-state index in [1.54, 1.807) is 13.4 Å². The Hall–Kier alpha value is -2.05. The van der Waals surface area contributed by atoms with Gasteiger partial charge in [0.15, 0.2) is 5.11 Å². The quantitative estimate of drug-likeness (QED) is 0.828. The summed E-state index contributed by atoms with van der Waals surface area (Å²) in [7, 11) is 1.73. The zero-order valence-corrected chi connectivity index (χ0v) is 15.6. The van der Waals surface area contributed by atoms with Gasteiger partial charge in [0.1, 0.15) is 11.5 Å². The van der Waals surface area contributed by atoms with Gasteiger partial charge in [0, 0.05) is 38.3 Å². The largest absolute Gasteiger partial charge is 0.496 e. The van der Waals surface area contributed by atoms with Crippen molar-refractivity contribution < 1.29 is 9.15 Å². The first-order valence-corrected chi connectivity index (χ1v) is 8.97. The first-order chi connectivity index (χ1) is 12.2. The van der Waals surface area contributed by atoms with Crippen molar-refractivity contribution >= 4 is 17.3 Å². The number of thiocarbonyl (C=S) groups is 1. The fourth-order valence-corrected chi connectivity index (χ4v) is 3.32. The molecular formula is C19H25N3O2S. The maximum Gasteiger partial charge on any atom is 0.169 e. The molecule has 1 aliphatic heterocycles. The van der Waals surface area contributed by atoms with Crippen LogP contribution in [0.15, 0.2) is 41.0 Å². The van der Waals surface area contributed by atoms with Gasteiger partial charge in [-0.25, -0.2) is 0 Å². The Balaban J connectivity index is 1.48. The number of aryl methyl sites for hydroxylation is 1. The van der Waals surface area contributed by atoms with Gasteiger partial charge in [0.25, 0.3) is 0 Å². The molecule has 1 fully saturated rings. The molecule has 0 radical (unpaired) electrons. The van der Waals surface area contributed by atoms with E-state index in [1.165, 1.54) is 11.1 Å². The average molecular weight is 359 g/mol. The third-order valence-electron chi connectivity index (χ3n) is 4.48. The maximum atomic E-state index is 5.51. The second kappa shape index (κ2) is 8.36. The molecule has 1 aromatic heterocycles. The van der Waals surface area contributed by atoms with E-state index >= 15 is 0 Å². The molecule has 1 N–H and O–H groups in total. The number of hydrogen-bond donors (Lipinski definition) is 1. The smallest absolute Gasteiger partial charge is 0.169 e. The summed E-state index contributed by atoms with van der Waals surface area (Å²) in [6, 6.07) is 10.2. The Bertz CT molecular complexity index is 695. The summed E-state index contributed by atoms with van der Waals surface area (Å²) < 4.78 is 10.8. The molecule has 2 aromatic rings. The number of benzene rings is 1. The second-order valence-corrected chi connectivity index (χ2v) is 6.70. The second-order valence-electron chi connectivity index (χ2n) is 6.32. The fourth-order valence-electron chi connectivity index (χ4n) is 3.07. The number of ether oxygens (including phenoxy) is 1. The average Bonchev–Trinajstić information content (AvgIpc) is 3.14. The molecule has 2 heterocycles. The van der Waals surface area contributed by atoms with Crippen LogP contribution in [0.3, 0.4) is 0 Å². The van der Waals surface area contributed by atoms with Crippen LogP contribution < -0.4 is 10.1 Å². The highest BCUT2D eigenvalue weighted by molar-refractivity contribution is 7.80. The third-order valence-corrected chi connectivity index (χ3v) is 4.89. The molecule has 1 aliphatic rings. The van der Waals surface area contributed by atoms with Crippen molar-refractivity contribution in [2.45, 2.75) is 20.0 Å². The predicted octanol–water partition coefficient (Wildman–Crippen LogP) is 2.79. The van der Waals surface area contributed by atoms with Gasteiger partial charge in [-0.05, 0) is 37.3 Å². The lowest BCUT2D eigenvalue weighted by Gasteiger charge is -2.36. The van der Waals surface area contributed by atoms with E-state index in [9.17, 15) is 0 Å². The minimum absolute atomic E-state index is 0.631. The highest BCUT2D eigenvalue weighted by Crippen LogP contribution is 2.22. The van der Waals surface area contributed by atoms with Crippen molar-refractivity contribution in [1.29, 1.82) is 0 Å². The zero-order valence-electron chi connectivity index (χ0n) is 14.8. The first-order valence-electron chi connectivity index (χ1n) is 8.57. The molecule has 0 amide bonds. The molecule has 0 aliphatic carbocycles. The Morgan fingerprint density at radius 2 is 2.04 bits per heavy atom. The number of methoxy groups -OCH3 is 1. The number of nitrogens with zero attached hydrogens (tertiary/aromatic N) is 2. The molecule has 6 heteroatoms. The molecule has 1 saturated heterocycles. The summed E-state index contributed by atoms with van der Waals surface area (Å²) >= 11 is 5.51. The summed E-state index contributed by atoms with van der Waals surface area (Å²) in [4.78, 5) is 4.67. The molecule has 0 unspecified atom stereocenters. The van der Waals surface area contributed by atoms with E-state index in [2.05, 4.69) is 40.2 Å². The monoisotopic (exact) mass is 359 g/mol. The van der Waals surface area contributed by atoms with Crippen LogP contribution in [0.5, 0.6) is 5.75 Å². The molecule has 5 nitrogen and oxygen atoms in total. The lowest BCUT2D eigenvalue weighted by Crippen LogP contribution is -2.51. The van der Waals surface area contributed by atoms with Crippen molar-refractivity contribution in [2.24, 2.45) is 0 Å². The van der Waals surface area contributed by atoms with Crippen LogP contribution in [0.1, 0.15) is 16.9 Å². The van der Waals surface area contributed by atoms with Crippen molar-refractivity contribution in [3.63, 3.8) is 0 Å². The number of hydrogen-bond acceptors (Lipinski definition) is 4. The SMILES string of the molecule is COc1ccc(C)cc1CN1CCN(C(=S)NCc2ccco2)CC1. The van der Waals surface area contributed by atoms with Crippen molar-refractivity contribution in [3.8, 4) is 5.75 Å². The molecule has 1 aromatic carbocycles. The number of furan rings is 1. The molecule has 134 valence electrons. The van der Waals surface area contributed by atoms with Crippen molar-refractivity contribution in [1.82, 2.24) is 15.1 Å². The van der Waals surface area contributed by atoms with Gasteiger partial charge >= 0.3 is 0 Å². The highest BCUT2D eigenvalue weighted by Gasteiger charge is 2.20. The molecule has 0 saturated carbocycles. The van der Waals surface area contributed by atoms with Crippen LogP contribution in [0.4, 0.5) is 0 Å². The van der Waals surface area contributed by atoms with Gasteiger partial charge in [-0.2, -0.15) is 0 Å². The number of rotatable bonds is 5. The molecular weight excluding hydrogens is 334 g/mol. The van der Waals surface area contributed by atoms with E-state index in [-0.39, 0.29) is 0 Å². The minimum Gasteiger partial charge on any atom is -0.496 e. The topological polar surface area (TPSA) is 40.9 Å². The van der Waals surface area contributed by atoms with E-state index < -0.39 is 0 Å². The molecule has 0 atom stereocenters. The van der Waals surface area contributed by atoms with Crippen molar-refractivity contribution in [3.05, 3.63) is 53.5 Å². The van der Waals surface area contributed by atoms with Crippen LogP contribution in [-0.4, -0.2) is 48.2 Å². The van der Waals surface area contributed by atoms with Gasteiger partial charge < -0.3 is 19.4 Å². The first kappa shape index (κ1) is 17.8. The Kier molecular flexibility index (Phi) is 5.94. The maximum absolute atomic E-state index is 5.51. The lowest BCUT2D eigenvalue weighted by atomic mass is 10.1. The van der Waals surface area contributed by atoms with Gasteiger partial charge in [0.05, 0.1) is 19.9 Å². The van der Waals surface area contributed by atoms with Gasteiger partial charge in [-0.3, -0.25) is 4.90 Å². The van der Waals surface area contributed by atoms with Crippen LogP contribution in [0.25, 0.3) is 0 Å². The Labute approximate surface area is 154 Å². The van der Waals surface area contributed by atoms with E-state index in [0.717, 1.165) is 49.3 Å². The van der Waals surface area contributed by atoms with Crippen LogP contribution in [0, 0.1) is 6.92 Å². The third kappa shape index (κ3) is 4.74. The highest BCUT2D eigenvalue weighted by atomic mass is 32.1. The lowest BCUT2D eigenvalue weighted by molar-refractivity contribution is 0.173. The van der Waals surface area contributed by atoms with Gasteiger partial charge in [-0.15, -0.1) is 0 Å². The summed E-state index contributed by atoms with van der Waals surface area (Å²) in [5, 5.41) is 4.07. The summed E-state index contributed by atoms with van der Waals surface area (Å²) in [6.45, 7) is 7.48. The van der Waals surface area contributed by atoms with E-state index in [1.807, 2.05) is 12.1 Å². The van der Waals surface area contributed by atoms with E-state index in [0.29, 0.717) is 6.54 Å². The van der Waals surface area contributed by atoms with Gasteiger partial charge in [-0.1, -0.05) is 17.7 Å². The molecule has 0 spiro atoms.